The predicted octanol–water partition coefficient (Wildman–Crippen LogP) is 5.15. The van der Waals surface area contributed by atoms with Gasteiger partial charge in [-0.3, -0.25) is 4.90 Å². The molecule has 7 heteroatoms. The predicted molar refractivity (Wildman–Crippen MR) is 128 cm³/mol. The Morgan fingerprint density at radius 1 is 1.15 bits per heavy atom. The molecule has 1 aliphatic heterocycles. The van der Waals surface area contributed by atoms with Gasteiger partial charge in [-0.05, 0) is 76.4 Å². The van der Waals surface area contributed by atoms with E-state index >= 15 is 0 Å². The number of amides is 1. The van der Waals surface area contributed by atoms with Crippen LogP contribution in [0.3, 0.4) is 0 Å². The van der Waals surface area contributed by atoms with Crippen LogP contribution < -0.4 is 15.5 Å². The molecule has 2 aromatic carbocycles. The number of hydrogen-bond acceptors (Lipinski definition) is 6. The highest BCUT2D eigenvalue weighted by atomic mass is 16.6. The van der Waals surface area contributed by atoms with Crippen molar-refractivity contribution in [2.75, 3.05) is 11.5 Å². The standard InChI is InChI=1S/C26H31N3O4/c1-25(2,3)33-24(30)29-23-12-11-21(15-19(23)16-26(29,4)13-14-32-27)31-17-20-10-9-18-7-5-6-8-22(18)28-20/h5-12,15H,13-14,16-17,27H2,1-4H3. The zero-order valence-corrected chi connectivity index (χ0v) is 19.6. The smallest absolute Gasteiger partial charge is 0.415 e. The molecule has 0 radical (unpaired) electrons. The molecule has 1 unspecified atom stereocenters. The fourth-order valence-electron chi connectivity index (χ4n) is 4.24. The van der Waals surface area contributed by atoms with Crippen molar-refractivity contribution in [1.29, 1.82) is 0 Å². The summed E-state index contributed by atoms with van der Waals surface area (Å²) in [6, 6.07) is 17.8. The van der Waals surface area contributed by atoms with Crippen molar-refractivity contribution in [1.82, 2.24) is 4.98 Å². The minimum Gasteiger partial charge on any atom is -0.487 e. The molecule has 0 bridgehead atoms. The third-order valence-electron chi connectivity index (χ3n) is 5.78. The number of aromatic nitrogens is 1. The lowest BCUT2D eigenvalue weighted by Crippen LogP contribution is -2.50. The number of hydrogen-bond donors (Lipinski definition) is 1. The number of anilines is 1. The van der Waals surface area contributed by atoms with E-state index in [0.29, 0.717) is 26.1 Å². The third kappa shape index (κ3) is 5.10. The van der Waals surface area contributed by atoms with E-state index in [1.807, 2.05) is 82.3 Å². The molecular weight excluding hydrogens is 418 g/mol. The molecule has 1 atom stereocenters. The highest BCUT2D eigenvalue weighted by Crippen LogP contribution is 2.43. The topological polar surface area (TPSA) is 86.9 Å². The summed E-state index contributed by atoms with van der Waals surface area (Å²) < 4.78 is 11.8. The molecule has 0 fully saturated rings. The number of nitrogens with two attached hydrogens (primary N) is 1. The maximum absolute atomic E-state index is 13.1. The summed E-state index contributed by atoms with van der Waals surface area (Å²) in [6.45, 7) is 8.30. The molecule has 0 aliphatic carbocycles. The lowest BCUT2D eigenvalue weighted by molar-refractivity contribution is 0.0523. The maximum atomic E-state index is 13.1. The summed E-state index contributed by atoms with van der Waals surface area (Å²) >= 11 is 0. The van der Waals surface area contributed by atoms with Gasteiger partial charge in [-0.2, -0.15) is 0 Å². The maximum Gasteiger partial charge on any atom is 0.415 e. The van der Waals surface area contributed by atoms with Crippen molar-refractivity contribution in [3.05, 3.63) is 65.9 Å². The van der Waals surface area contributed by atoms with E-state index in [1.165, 1.54) is 0 Å². The van der Waals surface area contributed by atoms with Gasteiger partial charge in [-0.1, -0.05) is 24.3 Å². The van der Waals surface area contributed by atoms with Crippen molar-refractivity contribution >= 4 is 22.7 Å². The van der Waals surface area contributed by atoms with Crippen molar-refractivity contribution in [2.45, 2.75) is 58.3 Å². The van der Waals surface area contributed by atoms with Crippen LogP contribution in [0, 0.1) is 0 Å². The largest absolute Gasteiger partial charge is 0.487 e. The van der Waals surface area contributed by atoms with Crippen LogP contribution in [0.5, 0.6) is 5.75 Å². The first-order valence-electron chi connectivity index (χ1n) is 11.1. The highest BCUT2D eigenvalue weighted by Gasteiger charge is 2.45. The fourth-order valence-corrected chi connectivity index (χ4v) is 4.24. The Morgan fingerprint density at radius 2 is 1.94 bits per heavy atom. The number of para-hydroxylation sites is 1. The number of carbonyl (C=O) groups excluding carboxylic acids is 1. The Hall–Kier alpha value is -3.16. The minimum atomic E-state index is -0.596. The summed E-state index contributed by atoms with van der Waals surface area (Å²) in [5.41, 5.74) is 2.53. The van der Waals surface area contributed by atoms with Gasteiger partial charge in [0, 0.05) is 5.39 Å². The van der Waals surface area contributed by atoms with Crippen molar-refractivity contribution in [3.63, 3.8) is 0 Å². The van der Waals surface area contributed by atoms with Crippen LogP contribution in [0.25, 0.3) is 10.9 Å². The molecule has 1 aromatic heterocycles. The molecule has 174 valence electrons. The van der Waals surface area contributed by atoms with Crippen LogP contribution >= 0.6 is 0 Å². The van der Waals surface area contributed by atoms with Crippen molar-refractivity contribution in [2.24, 2.45) is 5.90 Å². The summed E-state index contributed by atoms with van der Waals surface area (Å²) in [6.07, 6.45) is 0.847. The number of benzene rings is 2. The minimum absolute atomic E-state index is 0.334. The molecule has 33 heavy (non-hydrogen) atoms. The third-order valence-corrected chi connectivity index (χ3v) is 5.78. The van der Waals surface area contributed by atoms with Gasteiger partial charge in [-0.15, -0.1) is 0 Å². The Labute approximate surface area is 194 Å². The van der Waals surface area contributed by atoms with Gasteiger partial charge in [0.2, 0.25) is 0 Å². The number of nitrogens with zero attached hydrogens (tertiary/aromatic N) is 2. The molecule has 0 saturated heterocycles. The Balaban J connectivity index is 1.55. The van der Waals surface area contributed by atoms with Gasteiger partial charge < -0.3 is 14.3 Å². The molecule has 0 saturated carbocycles. The molecule has 1 aliphatic rings. The van der Waals surface area contributed by atoms with Crippen molar-refractivity contribution < 1.29 is 19.1 Å². The monoisotopic (exact) mass is 449 g/mol. The first-order valence-corrected chi connectivity index (χ1v) is 11.1. The Morgan fingerprint density at radius 3 is 2.70 bits per heavy atom. The Kier molecular flexibility index (Phi) is 6.28. The van der Waals surface area contributed by atoms with E-state index in [1.54, 1.807) is 4.90 Å². The molecule has 0 spiro atoms. The average molecular weight is 450 g/mol. The highest BCUT2D eigenvalue weighted by molar-refractivity contribution is 5.93. The number of ether oxygens (including phenoxy) is 2. The number of carbonyl (C=O) groups is 1. The molecular formula is C26H31N3O4. The summed E-state index contributed by atoms with van der Waals surface area (Å²) in [4.78, 5) is 24.3. The van der Waals surface area contributed by atoms with E-state index in [2.05, 4.69) is 4.98 Å². The van der Waals surface area contributed by atoms with E-state index in [-0.39, 0.29) is 6.09 Å². The molecule has 1 amide bonds. The molecule has 2 N–H and O–H groups in total. The van der Waals surface area contributed by atoms with Gasteiger partial charge in [0.1, 0.15) is 18.0 Å². The number of rotatable bonds is 6. The fraction of sp³-hybridized carbons (Fsp3) is 0.385. The van der Waals surface area contributed by atoms with Gasteiger partial charge in [0.25, 0.3) is 0 Å². The first-order chi connectivity index (χ1) is 15.7. The van der Waals surface area contributed by atoms with Gasteiger partial charge >= 0.3 is 6.09 Å². The quantitative estimate of drug-likeness (QED) is 0.524. The molecule has 7 nitrogen and oxygen atoms in total. The second kappa shape index (κ2) is 9.00. The van der Waals surface area contributed by atoms with Crippen LogP contribution in [0.4, 0.5) is 10.5 Å². The number of pyridine rings is 1. The second-order valence-electron chi connectivity index (χ2n) is 9.68. The molecule has 3 aromatic rings. The van der Waals surface area contributed by atoms with Crippen LogP contribution in [0.15, 0.2) is 54.6 Å². The van der Waals surface area contributed by atoms with Crippen LogP contribution in [-0.4, -0.2) is 28.8 Å². The summed E-state index contributed by atoms with van der Waals surface area (Å²) in [7, 11) is 0. The first kappa shape index (κ1) is 23.0. The van der Waals surface area contributed by atoms with Gasteiger partial charge in [-0.25, -0.2) is 15.7 Å². The van der Waals surface area contributed by atoms with Gasteiger partial charge in [0.05, 0.1) is 29.0 Å². The number of fused-ring (bicyclic) bond motifs is 2. The van der Waals surface area contributed by atoms with E-state index in [4.69, 9.17) is 20.2 Å². The zero-order valence-electron chi connectivity index (χ0n) is 19.6. The Bertz CT molecular complexity index is 1160. The molecule has 4 rings (SSSR count). The van der Waals surface area contributed by atoms with Crippen molar-refractivity contribution in [3.8, 4) is 5.75 Å². The van der Waals surface area contributed by atoms with E-state index in [9.17, 15) is 4.79 Å². The normalized spacial score (nSPS) is 17.8. The summed E-state index contributed by atoms with van der Waals surface area (Å²) in [5.74, 6) is 6.02. The second-order valence-corrected chi connectivity index (χ2v) is 9.68. The van der Waals surface area contributed by atoms with Crippen LogP contribution in [-0.2, 0) is 22.6 Å². The average Bonchev–Trinajstić information content (AvgIpc) is 3.06. The summed E-state index contributed by atoms with van der Waals surface area (Å²) in [5, 5.41) is 1.10. The molecule has 2 heterocycles. The van der Waals surface area contributed by atoms with E-state index in [0.717, 1.165) is 33.6 Å². The van der Waals surface area contributed by atoms with Crippen LogP contribution in [0.2, 0.25) is 0 Å². The SMILES string of the molecule is CC(C)(C)OC(=O)N1c2ccc(OCc3ccc4ccccc4n3)cc2CC1(C)CCON. The zero-order chi connectivity index (χ0) is 23.6. The van der Waals surface area contributed by atoms with Gasteiger partial charge in [0.15, 0.2) is 0 Å². The lowest BCUT2D eigenvalue weighted by Gasteiger charge is -2.36. The van der Waals surface area contributed by atoms with E-state index < -0.39 is 11.1 Å². The van der Waals surface area contributed by atoms with Crippen LogP contribution in [0.1, 0.15) is 45.4 Å². The lowest BCUT2D eigenvalue weighted by atomic mass is 9.93.